The molecule has 2 unspecified atom stereocenters. The molecule has 2 atom stereocenters. The molecule has 3 rings (SSSR count). The number of allylic oxidation sites excluding steroid dienone is 2. The molecule has 0 aliphatic heterocycles. The molecule has 0 bridgehead atoms. The van der Waals surface area contributed by atoms with Crippen LogP contribution in [0.2, 0.25) is 0 Å². The van der Waals surface area contributed by atoms with Crippen LogP contribution in [-0.4, -0.2) is 6.61 Å². The third-order valence-electron chi connectivity index (χ3n) is 6.37. The molecule has 0 amide bonds. The first-order chi connectivity index (χ1) is 12.6. The van der Waals surface area contributed by atoms with Crippen molar-refractivity contribution >= 4 is 0 Å². The van der Waals surface area contributed by atoms with E-state index in [-0.39, 0.29) is 11.7 Å². The lowest BCUT2D eigenvalue weighted by atomic mass is 9.70. The van der Waals surface area contributed by atoms with Gasteiger partial charge in [-0.1, -0.05) is 50.8 Å². The Balaban J connectivity index is 1.62. The van der Waals surface area contributed by atoms with Crippen molar-refractivity contribution in [2.45, 2.75) is 71.1 Å². The van der Waals surface area contributed by atoms with Crippen molar-refractivity contribution in [3.8, 4) is 5.75 Å². The summed E-state index contributed by atoms with van der Waals surface area (Å²) in [7, 11) is 0. The van der Waals surface area contributed by atoms with Crippen LogP contribution in [0.5, 0.6) is 5.75 Å². The van der Waals surface area contributed by atoms with Crippen LogP contribution < -0.4 is 4.74 Å². The highest BCUT2D eigenvalue weighted by atomic mass is 19.2. The Kier molecular flexibility index (Phi) is 6.72. The maximum Gasteiger partial charge on any atom is 0.200 e. The van der Waals surface area contributed by atoms with Crippen LogP contribution in [0, 0.1) is 29.4 Å². The van der Waals surface area contributed by atoms with Gasteiger partial charge in [-0.05, 0) is 62.0 Å². The molecule has 2 aliphatic carbocycles. The smallest absolute Gasteiger partial charge is 0.200 e. The molecule has 1 aromatic carbocycles. The summed E-state index contributed by atoms with van der Waals surface area (Å²) in [6.45, 7) is 4.38. The summed E-state index contributed by atoms with van der Waals surface area (Å²) in [6, 6.07) is 3.25. The zero-order chi connectivity index (χ0) is 18.5. The normalized spacial score (nSPS) is 28.9. The number of benzene rings is 1. The molecule has 0 aromatic heterocycles. The van der Waals surface area contributed by atoms with E-state index in [4.69, 9.17) is 4.74 Å². The molecule has 0 spiro atoms. The van der Waals surface area contributed by atoms with Gasteiger partial charge in [0.2, 0.25) is 5.82 Å². The van der Waals surface area contributed by atoms with Crippen LogP contribution in [0.1, 0.15) is 76.7 Å². The quantitative estimate of drug-likeness (QED) is 0.494. The predicted octanol–water partition coefficient (Wildman–Crippen LogP) is 7.02. The average Bonchev–Trinajstić information content (AvgIpc) is 2.67. The van der Waals surface area contributed by atoms with Crippen molar-refractivity contribution in [3.05, 3.63) is 41.5 Å². The second-order valence-corrected chi connectivity index (χ2v) is 8.02. The topological polar surface area (TPSA) is 9.23 Å². The third kappa shape index (κ3) is 4.29. The van der Waals surface area contributed by atoms with Crippen molar-refractivity contribution in [1.29, 1.82) is 0 Å². The average molecular weight is 363 g/mol. The first-order valence-electron chi connectivity index (χ1n) is 10.4. The number of halogens is 2. The standard InChI is InChI=1S/C23H32F2O/c1-3-5-16-6-8-17(9-7-16)18-10-12-19(13-11-18)20-14-15-21(26-4-2)23(25)22(20)24/h10,12,14-19H,3-9,11,13H2,1-2H3. The fourth-order valence-electron chi connectivity index (χ4n) is 4.91. The van der Waals surface area contributed by atoms with E-state index in [2.05, 4.69) is 19.1 Å². The fourth-order valence-corrected chi connectivity index (χ4v) is 4.91. The zero-order valence-electron chi connectivity index (χ0n) is 16.1. The molecule has 26 heavy (non-hydrogen) atoms. The van der Waals surface area contributed by atoms with Crippen molar-refractivity contribution in [3.63, 3.8) is 0 Å². The van der Waals surface area contributed by atoms with Crippen LogP contribution in [0.15, 0.2) is 24.3 Å². The summed E-state index contributed by atoms with van der Waals surface area (Å²) < 4.78 is 33.7. The van der Waals surface area contributed by atoms with Crippen LogP contribution in [0.3, 0.4) is 0 Å². The monoisotopic (exact) mass is 362 g/mol. The van der Waals surface area contributed by atoms with E-state index in [9.17, 15) is 8.78 Å². The molecule has 0 N–H and O–H groups in total. The SMILES string of the molecule is CCCC1CCC(C2C=CC(c3ccc(OCC)c(F)c3F)CC2)CC1. The van der Waals surface area contributed by atoms with Gasteiger partial charge in [0, 0.05) is 5.92 Å². The van der Waals surface area contributed by atoms with Gasteiger partial charge in [-0.2, -0.15) is 4.39 Å². The highest BCUT2D eigenvalue weighted by molar-refractivity contribution is 5.35. The Labute approximate surface area is 156 Å². The maximum absolute atomic E-state index is 14.4. The van der Waals surface area contributed by atoms with Gasteiger partial charge in [0.25, 0.3) is 0 Å². The number of ether oxygens (including phenoxy) is 1. The van der Waals surface area contributed by atoms with E-state index in [1.165, 1.54) is 38.5 Å². The minimum Gasteiger partial charge on any atom is -0.491 e. The fraction of sp³-hybridized carbons (Fsp3) is 0.652. The molecule has 1 aromatic rings. The van der Waals surface area contributed by atoms with Gasteiger partial charge in [0.05, 0.1) is 6.61 Å². The number of hydrogen-bond donors (Lipinski definition) is 0. The number of rotatable bonds is 6. The third-order valence-corrected chi connectivity index (χ3v) is 6.37. The van der Waals surface area contributed by atoms with E-state index in [1.807, 2.05) is 0 Å². The van der Waals surface area contributed by atoms with Crippen LogP contribution >= 0.6 is 0 Å². The maximum atomic E-state index is 14.4. The molecule has 3 heteroatoms. The van der Waals surface area contributed by atoms with E-state index >= 15 is 0 Å². The van der Waals surface area contributed by atoms with Crippen LogP contribution in [0.25, 0.3) is 0 Å². The minimum atomic E-state index is -0.853. The summed E-state index contributed by atoms with van der Waals surface area (Å²) in [5, 5.41) is 0. The first-order valence-corrected chi connectivity index (χ1v) is 10.4. The van der Waals surface area contributed by atoms with E-state index < -0.39 is 11.6 Å². The highest BCUT2D eigenvalue weighted by Crippen LogP contribution is 2.42. The second-order valence-electron chi connectivity index (χ2n) is 8.02. The first kappa shape index (κ1) is 19.4. The minimum absolute atomic E-state index is 0.00950. The lowest BCUT2D eigenvalue weighted by molar-refractivity contribution is 0.208. The molecule has 0 heterocycles. The lowest BCUT2D eigenvalue weighted by Gasteiger charge is -2.35. The molecule has 1 fully saturated rings. The van der Waals surface area contributed by atoms with Crippen molar-refractivity contribution in [2.24, 2.45) is 17.8 Å². The van der Waals surface area contributed by atoms with Crippen molar-refractivity contribution < 1.29 is 13.5 Å². The molecular formula is C23H32F2O. The van der Waals surface area contributed by atoms with Crippen molar-refractivity contribution in [1.82, 2.24) is 0 Å². The molecular weight excluding hydrogens is 330 g/mol. The van der Waals surface area contributed by atoms with Gasteiger partial charge >= 0.3 is 0 Å². The predicted molar refractivity (Wildman–Crippen MR) is 102 cm³/mol. The summed E-state index contributed by atoms with van der Waals surface area (Å²) in [6.07, 6.45) is 14.4. The Morgan fingerprint density at radius 1 is 0.923 bits per heavy atom. The largest absolute Gasteiger partial charge is 0.491 e. The summed E-state index contributed by atoms with van der Waals surface area (Å²) in [5.74, 6) is 0.713. The van der Waals surface area contributed by atoms with Crippen LogP contribution in [0.4, 0.5) is 8.78 Å². The van der Waals surface area contributed by atoms with Crippen molar-refractivity contribution in [2.75, 3.05) is 6.61 Å². The lowest BCUT2D eigenvalue weighted by Crippen LogP contribution is -2.23. The van der Waals surface area contributed by atoms with E-state index in [1.54, 1.807) is 19.1 Å². The van der Waals surface area contributed by atoms with Gasteiger partial charge in [0.1, 0.15) is 0 Å². The van der Waals surface area contributed by atoms with Gasteiger partial charge in [-0.3, -0.25) is 0 Å². The molecule has 2 aliphatic rings. The Bertz CT molecular complexity index is 617. The molecule has 0 radical (unpaired) electrons. The van der Waals surface area contributed by atoms with Gasteiger partial charge in [-0.15, -0.1) is 0 Å². The summed E-state index contributed by atoms with van der Waals surface area (Å²) in [4.78, 5) is 0. The molecule has 1 saturated carbocycles. The van der Waals surface area contributed by atoms with Crippen LogP contribution in [-0.2, 0) is 0 Å². The van der Waals surface area contributed by atoms with Gasteiger partial charge < -0.3 is 4.74 Å². The Hall–Kier alpha value is -1.38. The molecule has 144 valence electrons. The van der Waals surface area contributed by atoms with E-state index in [0.29, 0.717) is 18.1 Å². The number of hydrogen-bond acceptors (Lipinski definition) is 1. The van der Waals surface area contributed by atoms with Gasteiger partial charge in [-0.25, -0.2) is 4.39 Å². The highest BCUT2D eigenvalue weighted by Gasteiger charge is 2.29. The zero-order valence-corrected chi connectivity index (χ0v) is 16.1. The molecule has 1 nitrogen and oxygen atoms in total. The summed E-state index contributed by atoms with van der Waals surface area (Å²) in [5.41, 5.74) is 0.465. The second kappa shape index (κ2) is 9.01. The Morgan fingerprint density at radius 3 is 2.31 bits per heavy atom. The Morgan fingerprint density at radius 2 is 1.69 bits per heavy atom. The summed E-state index contributed by atoms with van der Waals surface area (Å²) >= 11 is 0. The van der Waals surface area contributed by atoms with E-state index in [0.717, 1.165) is 24.7 Å². The van der Waals surface area contributed by atoms with Gasteiger partial charge in [0.15, 0.2) is 11.6 Å². The molecule has 0 saturated heterocycles.